The highest BCUT2D eigenvalue weighted by atomic mass is 33.1. The van der Waals surface area contributed by atoms with Gasteiger partial charge in [0, 0.05) is 47.9 Å². The van der Waals surface area contributed by atoms with E-state index in [9.17, 15) is 9.59 Å². The lowest BCUT2D eigenvalue weighted by molar-refractivity contribution is -0.150. The van der Waals surface area contributed by atoms with Gasteiger partial charge in [0.25, 0.3) is 0 Å². The number of nitrogens with zero attached hydrogens (tertiary/aromatic N) is 1. The summed E-state index contributed by atoms with van der Waals surface area (Å²) in [7, 11) is 9.56. The summed E-state index contributed by atoms with van der Waals surface area (Å²) in [4.78, 5) is 26.1. The maximum Gasteiger partial charge on any atom is 0.307 e. The Bertz CT molecular complexity index is 442. The molecule has 0 saturated carbocycles. The van der Waals surface area contributed by atoms with Crippen LogP contribution in [0.15, 0.2) is 0 Å². The van der Waals surface area contributed by atoms with Crippen molar-refractivity contribution in [2.75, 3.05) is 49.8 Å². The van der Waals surface area contributed by atoms with Gasteiger partial charge in [0.2, 0.25) is 0 Å². The Morgan fingerprint density at radius 1 is 0.962 bits per heavy atom. The van der Waals surface area contributed by atoms with Crippen LogP contribution in [0.1, 0.15) is 26.2 Å². The molecule has 2 fully saturated rings. The van der Waals surface area contributed by atoms with Gasteiger partial charge in [0.05, 0.1) is 19.6 Å². The standard InChI is InChI=1S/C17H29NO4S4/c1-3-4-16(19)21-7-13(14-9-23-24-10-14)8-22-17(20)5-6-18(2)15-11-25-26-12-15/h13-15H,3-12H2,1-2H3. The number of esters is 2. The van der Waals surface area contributed by atoms with E-state index >= 15 is 0 Å². The van der Waals surface area contributed by atoms with Gasteiger partial charge in [0.15, 0.2) is 0 Å². The Balaban J connectivity index is 1.70. The van der Waals surface area contributed by atoms with E-state index in [0.717, 1.165) is 36.0 Å². The molecule has 2 saturated heterocycles. The molecule has 1 unspecified atom stereocenters. The van der Waals surface area contributed by atoms with E-state index in [2.05, 4.69) is 11.9 Å². The third-order valence-corrected chi connectivity index (χ3v) is 9.72. The SMILES string of the molecule is CCCC(=O)OCC(COC(=O)CCN(C)C1CSSC1)C1CSSC1. The number of rotatable bonds is 11. The quantitative estimate of drug-likeness (QED) is 0.355. The molecule has 0 aromatic carbocycles. The summed E-state index contributed by atoms with van der Waals surface area (Å²) in [5.74, 6) is 4.52. The first-order valence-electron chi connectivity index (χ1n) is 9.10. The van der Waals surface area contributed by atoms with E-state index in [1.54, 1.807) is 0 Å². The maximum absolute atomic E-state index is 12.1. The number of carbonyl (C=O) groups excluding carboxylic acids is 2. The van der Waals surface area contributed by atoms with Gasteiger partial charge in [-0.25, -0.2) is 0 Å². The number of hydrogen-bond donors (Lipinski definition) is 0. The molecule has 0 amide bonds. The molecule has 2 aliphatic rings. The van der Waals surface area contributed by atoms with Crippen molar-refractivity contribution in [3.63, 3.8) is 0 Å². The number of hydrogen-bond acceptors (Lipinski definition) is 9. The molecule has 2 heterocycles. The summed E-state index contributed by atoms with van der Waals surface area (Å²) in [6.45, 7) is 3.40. The Kier molecular flexibility index (Phi) is 11.0. The minimum atomic E-state index is -0.156. The molecule has 0 spiro atoms. The number of ether oxygens (including phenoxy) is 2. The molecule has 9 heteroatoms. The third kappa shape index (κ3) is 8.12. The molecule has 0 aromatic rings. The Labute approximate surface area is 172 Å². The third-order valence-electron chi connectivity index (χ3n) is 4.58. The topological polar surface area (TPSA) is 55.8 Å². The first-order valence-corrected chi connectivity index (χ1v) is 14.1. The molecule has 2 rings (SSSR count). The fourth-order valence-electron chi connectivity index (χ4n) is 2.67. The average Bonchev–Trinajstić information content (AvgIpc) is 3.33. The van der Waals surface area contributed by atoms with Crippen LogP contribution in [0.2, 0.25) is 0 Å². The van der Waals surface area contributed by atoms with Gasteiger partial charge in [-0.3, -0.25) is 9.59 Å². The van der Waals surface area contributed by atoms with Crippen molar-refractivity contribution in [2.45, 2.75) is 32.2 Å². The van der Waals surface area contributed by atoms with E-state index < -0.39 is 0 Å². The highest BCUT2D eigenvalue weighted by Gasteiger charge is 2.29. The summed E-state index contributed by atoms with van der Waals surface area (Å²) in [6.07, 6.45) is 1.66. The van der Waals surface area contributed by atoms with Crippen molar-refractivity contribution in [2.24, 2.45) is 11.8 Å². The van der Waals surface area contributed by atoms with Crippen molar-refractivity contribution < 1.29 is 19.1 Å². The molecule has 0 aromatic heterocycles. The van der Waals surface area contributed by atoms with Gasteiger partial charge in [-0.05, 0) is 19.4 Å². The first-order chi connectivity index (χ1) is 12.6. The maximum atomic E-state index is 12.1. The molecule has 5 nitrogen and oxygen atoms in total. The van der Waals surface area contributed by atoms with Crippen molar-refractivity contribution in [1.29, 1.82) is 0 Å². The zero-order valence-electron chi connectivity index (χ0n) is 15.5. The normalized spacial score (nSPS) is 19.8. The predicted octanol–water partition coefficient (Wildman–Crippen LogP) is 3.59. The molecule has 0 radical (unpaired) electrons. The number of carbonyl (C=O) groups is 2. The Morgan fingerprint density at radius 3 is 2.08 bits per heavy atom. The van der Waals surface area contributed by atoms with Crippen LogP contribution in [0.4, 0.5) is 0 Å². The van der Waals surface area contributed by atoms with E-state index in [1.807, 2.05) is 50.1 Å². The van der Waals surface area contributed by atoms with Crippen molar-refractivity contribution in [3.8, 4) is 0 Å². The van der Waals surface area contributed by atoms with Gasteiger partial charge >= 0.3 is 11.9 Å². The lowest BCUT2D eigenvalue weighted by atomic mass is 9.97. The minimum absolute atomic E-state index is 0.0996. The second-order valence-corrected chi connectivity index (χ2v) is 11.8. The van der Waals surface area contributed by atoms with E-state index in [4.69, 9.17) is 9.47 Å². The average molecular weight is 440 g/mol. The lowest BCUT2D eigenvalue weighted by Gasteiger charge is -2.24. The van der Waals surface area contributed by atoms with E-state index in [1.165, 1.54) is 0 Å². The van der Waals surface area contributed by atoms with Crippen LogP contribution in [0.3, 0.4) is 0 Å². The van der Waals surface area contributed by atoms with Crippen LogP contribution in [-0.2, 0) is 19.1 Å². The van der Waals surface area contributed by atoms with Crippen molar-refractivity contribution in [1.82, 2.24) is 4.90 Å². The summed E-state index contributed by atoms with van der Waals surface area (Å²) in [5.41, 5.74) is 0. The van der Waals surface area contributed by atoms with Gasteiger partial charge in [0.1, 0.15) is 0 Å². The zero-order valence-corrected chi connectivity index (χ0v) is 18.8. The lowest BCUT2D eigenvalue weighted by Crippen LogP contribution is -2.35. The van der Waals surface area contributed by atoms with Gasteiger partial charge in [-0.1, -0.05) is 50.1 Å². The molecule has 0 N–H and O–H groups in total. The highest BCUT2D eigenvalue weighted by Crippen LogP contribution is 2.38. The van der Waals surface area contributed by atoms with Crippen molar-refractivity contribution in [3.05, 3.63) is 0 Å². The van der Waals surface area contributed by atoms with Crippen LogP contribution in [0.5, 0.6) is 0 Å². The largest absolute Gasteiger partial charge is 0.465 e. The zero-order chi connectivity index (χ0) is 18.8. The molecular weight excluding hydrogens is 410 g/mol. The minimum Gasteiger partial charge on any atom is -0.465 e. The van der Waals surface area contributed by atoms with Crippen LogP contribution in [0.25, 0.3) is 0 Å². The summed E-state index contributed by atoms with van der Waals surface area (Å²) >= 11 is 0. The molecular formula is C17H29NO4S4. The smallest absolute Gasteiger partial charge is 0.307 e. The van der Waals surface area contributed by atoms with E-state index in [-0.39, 0.29) is 17.9 Å². The molecule has 1 atom stereocenters. The summed E-state index contributed by atoms with van der Waals surface area (Å²) in [5, 5.41) is 0. The molecule has 150 valence electrons. The monoisotopic (exact) mass is 439 g/mol. The Hall–Kier alpha value is 0.300. The molecule has 0 aliphatic carbocycles. The van der Waals surface area contributed by atoms with Gasteiger partial charge in [-0.15, -0.1) is 0 Å². The van der Waals surface area contributed by atoms with Crippen LogP contribution >= 0.6 is 43.2 Å². The summed E-state index contributed by atoms with van der Waals surface area (Å²) in [6, 6.07) is 0.552. The first kappa shape index (κ1) is 22.6. The van der Waals surface area contributed by atoms with Gasteiger partial charge in [-0.2, -0.15) is 0 Å². The van der Waals surface area contributed by atoms with Crippen LogP contribution < -0.4 is 0 Å². The second kappa shape index (κ2) is 12.7. The fraction of sp³-hybridized carbons (Fsp3) is 0.882. The fourth-order valence-corrected chi connectivity index (χ4v) is 8.68. The van der Waals surface area contributed by atoms with Crippen molar-refractivity contribution >= 4 is 55.1 Å². The van der Waals surface area contributed by atoms with E-state index in [0.29, 0.717) is 38.0 Å². The van der Waals surface area contributed by atoms with Crippen LogP contribution in [-0.4, -0.2) is 72.7 Å². The molecule has 26 heavy (non-hydrogen) atoms. The molecule has 2 aliphatic heterocycles. The predicted molar refractivity (Wildman–Crippen MR) is 115 cm³/mol. The summed E-state index contributed by atoms with van der Waals surface area (Å²) < 4.78 is 10.9. The Morgan fingerprint density at radius 2 is 1.50 bits per heavy atom. The second-order valence-electron chi connectivity index (χ2n) is 6.66. The van der Waals surface area contributed by atoms with Gasteiger partial charge < -0.3 is 14.4 Å². The van der Waals surface area contributed by atoms with Crippen LogP contribution in [0, 0.1) is 11.8 Å². The molecule has 0 bridgehead atoms. The highest BCUT2D eigenvalue weighted by molar-refractivity contribution is 8.77.